The molecule has 0 aromatic heterocycles. The van der Waals surface area contributed by atoms with Gasteiger partial charge in [-0.3, -0.25) is 0 Å². The van der Waals surface area contributed by atoms with E-state index in [-0.39, 0.29) is 11.9 Å². The van der Waals surface area contributed by atoms with Crippen LogP contribution in [0, 0.1) is 0 Å². The van der Waals surface area contributed by atoms with E-state index < -0.39 is 0 Å². The van der Waals surface area contributed by atoms with Gasteiger partial charge < -0.3 is 9.84 Å². The summed E-state index contributed by atoms with van der Waals surface area (Å²) in [5.41, 5.74) is 0. The maximum absolute atomic E-state index is 9.12. The quantitative estimate of drug-likeness (QED) is 0.611. The molecule has 2 heteroatoms. The summed E-state index contributed by atoms with van der Waals surface area (Å²) in [6.07, 6.45) is 5.98. The number of allylic oxidation sites excluding steroid dienone is 2. The van der Waals surface area contributed by atoms with Crippen molar-refractivity contribution in [3.8, 4) is 0 Å². The Morgan fingerprint density at radius 1 is 1.55 bits per heavy atom. The number of rotatable bonds is 2. The van der Waals surface area contributed by atoms with Gasteiger partial charge in [0.15, 0.2) is 0 Å². The van der Waals surface area contributed by atoms with E-state index in [0.29, 0.717) is 5.76 Å². The van der Waals surface area contributed by atoms with Crippen LogP contribution < -0.4 is 0 Å². The van der Waals surface area contributed by atoms with E-state index in [1.807, 2.05) is 0 Å². The topological polar surface area (TPSA) is 29.5 Å². The maximum Gasteiger partial charge on any atom is 0.139 e. The molecule has 11 heavy (non-hydrogen) atoms. The van der Waals surface area contributed by atoms with Gasteiger partial charge in [0, 0.05) is 12.2 Å². The van der Waals surface area contributed by atoms with Gasteiger partial charge in [-0.2, -0.15) is 0 Å². The van der Waals surface area contributed by atoms with Crippen molar-refractivity contribution < 1.29 is 9.84 Å². The third-order valence-corrected chi connectivity index (χ3v) is 1.33. The van der Waals surface area contributed by atoms with Gasteiger partial charge in [0.2, 0.25) is 0 Å². The van der Waals surface area contributed by atoms with Crippen molar-refractivity contribution in [3.63, 3.8) is 0 Å². The molecule has 1 heterocycles. The molecule has 58 valence electrons. The lowest BCUT2D eigenvalue weighted by atomic mass is 10.2. The van der Waals surface area contributed by atoms with Gasteiger partial charge in [-0.1, -0.05) is 13.2 Å². The highest BCUT2D eigenvalue weighted by molar-refractivity contribution is 5.27. The average Bonchev–Trinajstić information content (AvgIpc) is 2.03. The molecule has 0 spiro atoms. The fourth-order valence-electron chi connectivity index (χ4n) is 0.811. The molecule has 0 saturated carbocycles. The largest absolute Gasteiger partial charge is 0.508 e. The molecule has 1 N–H and O–H groups in total. The summed E-state index contributed by atoms with van der Waals surface area (Å²) < 4.78 is 5.24. The molecule has 1 atom stereocenters. The predicted octanol–water partition coefficient (Wildman–Crippen LogP) is 2.08. The molecule has 1 aliphatic heterocycles. The van der Waals surface area contributed by atoms with Crippen LogP contribution in [0.3, 0.4) is 0 Å². The maximum atomic E-state index is 9.12. The molecule has 0 amide bonds. The molecule has 0 aromatic carbocycles. The number of aliphatic hydroxyl groups excluding tert-OH is 1. The first-order chi connectivity index (χ1) is 5.26. The van der Waals surface area contributed by atoms with Crippen molar-refractivity contribution in [1.29, 1.82) is 0 Å². The Morgan fingerprint density at radius 2 is 2.27 bits per heavy atom. The Bertz CT molecular complexity index is 236. The first kappa shape index (κ1) is 7.66. The second-order valence-corrected chi connectivity index (χ2v) is 2.16. The molecule has 1 unspecified atom stereocenters. The van der Waals surface area contributed by atoms with E-state index in [1.54, 1.807) is 18.2 Å². The normalized spacial score (nSPS) is 22.7. The molecule has 1 rings (SSSR count). The zero-order chi connectivity index (χ0) is 8.27. The van der Waals surface area contributed by atoms with Crippen molar-refractivity contribution in [1.82, 2.24) is 0 Å². The van der Waals surface area contributed by atoms with Crippen LogP contribution in [-0.4, -0.2) is 11.2 Å². The van der Waals surface area contributed by atoms with Gasteiger partial charge in [-0.25, -0.2) is 0 Å². The Balaban J connectivity index is 2.82. The minimum absolute atomic E-state index is 0.191. The summed E-state index contributed by atoms with van der Waals surface area (Å²) >= 11 is 0. The van der Waals surface area contributed by atoms with E-state index in [0.717, 1.165) is 0 Å². The zero-order valence-electron chi connectivity index (χ0n) is 6.16. The average molecular weight is 150 g/mol. The van der Waals surface area contributed by atoms with E-state index in [4.69, 9.17) is 9.84 Å². The Morgan fingerprint density at radius 3 is 2.82 bits per heavy atom. The summed E-state index contributed by atoms with van der Waals surface area (Å²) in [5, 5.41) is 9.12. The summed E-state index contributed by atoms with van der Waals surface area (Å²) in [5.74, 6) is 0.756. The lowest BCUT2D eigenvalue weighted by molar-refractivity contribution is 0.190. The lowest BCUT2D eigenvalue weighted by Crippen LogP contribution is -2.10. The van der Waals surface area contributed by atoms with Gasteiger partial charge in [-0.05, 0) is 12.2 Å². The Labute approximate surface area is 65.8 Å². The monoisotopic (exact) mass is 150 g/mol. The van der Waals surface area contributed by atoms with Crippen molar-refractivity contribution >= 4 is 0 Å². The molecule has 0 fully saturated rings. The smallest absolute Gasteiger partial charge is 0.139 e. The van der Waals surface area contributed by atoms with Gasteiger partial charge in [0.05, 0.1) is 0 Å². The Hall–Kier alpha value is -1.44. The van der Waals surface area contributed by atoms with E-state index in [1.165, 1.54) is 6.08 Å². The molecule has 1 aliphatic rings. The van der Waals surface area contributed by atoms with Crippen LogP contribution in [-0.2, 0) is 4.74 Å². The first-order valence-electron chi connectivity index (χ1n) is 3.30. The van der Waals surface area contributed by atoms with Gasteiger partial charge >= 0.3 is 0 Å². The van der Waals surface area contributed by atoms with Crippen LogP contribution in [0.25, 0.3) is 0 Å². The molecular weight excluding hydrogens is 140 g/mol. The van der Waals surface area contributed by atoms with Crippen LogP contribution in [0.5, 0.6) is 0 Å². The van der Waals surface area contributed by atoms with E-state index in [2.05, 4.69) is 13.2 Å². The summed E-state index contributed by atoms with van der Waals surface area (Å²) in [6.45, 7) is 7.07. The number of ether oxygens (including phenoxy) is 1. The summed E-state index contributed by atoms with van der Waals surface area (Å²) in [4.78, 5) is 0. The van der Waals surface area contributed by atoms with Crippen LogP contribution >= 0.6 is 0 Å². The van der Waals surface area contributed by atoms with E-state index in [9.17, 15) is 0 Å². The van der Waals surface area contributed by atoms with Crippen molar-refractivity contribution in [2.75, 3.05) is 0 Å². The standard InChI is InChI=1S/C9H10O2/c1-3-8-5-7(10)6-9(4-2)11-8/h3-6,8,10H,1-2H2. The number of aliphatic hydroxyl groups is 1. The third-order valence-electron chi connectivity index (χ3n) is 1.33. The van der Waals surface area contributed by atoms with Crippen LogP contribution in [0.1, 0.15) is 0 Å². The molecule has 0 aromatic rings. The zero-order valence-corrected chi connectivity index (χ0v) is 6.16. The summed E-state index contributed by atoms with van der Waals surface area (Å²) in [6, 6.07) is 0. The molecule has 0 bridgehead atoms. The minimum Gasteiger partial charge on any atom is -0.508 e. The molecule has 0 saturated heterocycles. The number of hydrogen-bond donors (Lipinski definition) is 1. The van der Waals surface area contributed by atoms with Crippen molar-refractivity contribution in [3.05, 3.63) is 49.0 Å². The fourth-order valence-corrected chi connectivity index (χ4v) is 0.811. The van der Waals surface area contributed by atoms with Crippen molar-refractivity contribution in [2.24, 2.45) is 0 Å². The van der Waals surface area contributed by atoms with Crippen LogP contribution in [0.2, 0.25) is 0 Å². The minimum atomic E-state index is -0.243. The van der Waals surface area contributed by atoms with Gasteiger partial charge in [-0.15, -0.1) is 0 Å². The van der Waals surface area contributed by atoms with E-state index >= 15 is 0 Å². The van der Waals surface area contributed by atoms with Crippen molar-refractivity contribution in [2.45, 2.75) is 6.10 Å². The summed E-state index contributed by atoms with van der Waals surface area (Å²) in [7, 11) is 0. The molecular formula is C9H10O2. The van der Waals surface area contributed by atoms with Crippen LogP contribution in [0.4, 0.5) is 0 Å². The second-order valence-electron chi connectivity index (χ2n) is 2.16. The predicted molar refractivity (Wildman–Crippen MR) is 44.1 cm³/mol. The highest BCUT2D eigenvalue weighted by Gasteiger charge is 2.09. The van der Waals surface area contributed by atoms with Crippen LogP contribution in [0.15, 0.2) is 49.0 Å². The second kappa shape index (κ2) is 3.10. The number of hydrogen-bond acceptors (Lipinski definition) is 2. The fraction of sp³-hybridized carbons (Fsp3) is 0.111. The lowest BCUT2D eigenvalue weighted by Gasteiger charge is -2.16. The molecule has 0 aliphatic carbocycles. The SMILES string of the molecule is C=CC1=CC(O)=CC(C=C)O1. The first-order valence-corrected chi connectivity index (χ1v) is 3.30. The molecule has 0 radical (unpaired) electrons. The third kappa shape index (κ3) is 1.74. The highest BCUT2D eigenvalue weighted by atomic mass is 16.5. The Kier molecular flexibility index (Phi) is 2.16. The van der Waals surface area contributed by atoms with Gasteiger partial charge in [0.1, 0.15) is 17.6 Å². The highest BCUT2D eigenvalue weighted by Crippen LogP contribution is 2.15. The van der Waals surface area contributed by atoms with Gasteiger partial charge in [0.25, 0.3) is 0 Å². The molecule has 2 nitrogen and oxygen atoms in total.